The highest BCUT2D eigenvalue weighted by Gasteiger charge is 2.12. The van der Waals surface area contributed by atoms with E-state index in [0.29, 0.717) is 67.2 Å². The van der Waals surface area contributed by atoms with Crippen molar-refractivity contribution in [3.05, 3.63) is 247 Å². The van der Waals surface area contributed by atoms with Gasteiger partial charge in [0.15, 0.2) is 5.78 Å². The minimum atomic E-state index is -0.233. The number of nitrogens with zero attached hydrogens (tertiary/aromatic N) is 6. The minimum Gasteiger partial charge on any atom is -0.429 e. The van der Waals surface area contributed by atoms with Crippen LogP contribution in [0.25, 0.3) is 22.5 Å². The first kappa shape index (κ1) is 60.2. The molecule has 8 N–H and O–H groups in total. The number of nitrogens with one attached hydrogen (secondary N) is 4. The number of aryl methyl sites for hydroxylation is 2. The van der Waals surface area contributed by atoms with E-state index in [4.69, 9.17) is 11.5 Å². The van der Waals surface area contributed by atoms with Crippen LogP contribution in [0.4, 0.5) is 29.0 Å². The summed E-state index contributed by atoms with van der Waals surface area (Å²) in [5.74, 6) is 1.57. The zero-order valence-electron chi connectivity index (χ0n) is 45.1. The van der Waals surface area contributed by atoms with Gasteiger partial charge in [-0.2, -0.15) is 0 Å². The first-order valence-corrected chi connectivity index (χ1v) is 25.3. The number of hydrogen-bond donors (Lipinski definition) is 6. The number of benzene rings is 5. The van der Waals surface area contributed by atoms with Crippen molar-refractivity contribution in [2.24, 2.45) is 5.73 Å². The number of nitrogen functional groups attached to an aromatic ring is 1. The average Bonchev–Trinajstić information content (AvgIpc) is 3.51. The molecule has 19 nitrogen and oxygen atoms in total. The number of ether oxygens (including phenoxy) is 2. The van der Waals surface area contributed by atoms with Crippen LogP contribution in [0.15, 0.2) is 208 Å². The SMILES string of the molecule is C=CC(=O)NCc1ccc(C(=O)Cc2ccc(C)c(Nc3nccc(-c4cccnc4)n3)c2)cc1.C=CC(=O)NCc1ccc(OC=O)cc1.Cc1ccc(N)cc1Nc1nccc(-c2cccnc2)n1.NCc1ccc(OC=O)cc1. The molecule has 0 saturated carbocycles. The molecule has 0 aliphatic carbocycles. The number of anilines is 5. The lowest BCUT2D eigenvalue weighted by atomic mass is 10.00. The molecule has 0 unspecified atom stereocenters. The van der Waals surface area contributed by atoms with E-state index in [0.717, 1.165) is 67.3 Å². The molecule has 0 spiro atoms. The molecule has 82 heavy (non-hydrogen) atoms. The fraction of sp³-hybridized carbons (Fsp3) is 0.0952. The van der Waals surface area contributed by atoms with Gasteiger partial charge in [0, 0.05) is 97.0 Å². The van der Waals surface area contributed by atoms with Gasteiger partial charge in [0.05, 0.1) is 11.4 Å². The molecule has 0 bridgehead atoms. The van der Waals surface area contributed by atoms with Gasteiger partial charge >= 0.3 is 0 Å². The summed E-state index contributed by atoms with van der Waals surface area (Å²) in [6.07, 6.45) is 13.1. The quantitative estimate of drug-likeness (QED) is 0.0179. The van der Waals surface area contributed by atoms with Crippen molar-refractivity contribution >= 4 is 59.5 Å². The molecule has 0 fully saturated rings. The van der Waals surface area contributed by atoms with Gasteiger partial charge in [0.25, 0.3) is 12.9 Å². The molecule has 4 aromatic heterocycles. The number of aromatic nitrogens is 6. The van der Waals surface area contributed by atoms with Gasteiger partial charge in [-0.1, -0.05) is 79.9 Å². The number of pyridine rings is 2. The van der Waals surface area contributed by atoms with Crippen LogP contribution in [0.3, 0.4) is 0 Å². The van der Waals surface area contributed by atoms with Gasteiger partial charge in [-0.15, -0.1) is 0 Å². The predicted molar refractivity (Wildman–Crippen MR) is 317 cm³/mol. The number of carbonyl (C=O) groups is 5. The van der Waals surface area contributed by atoms with E-state index >= 15 is 0 Å². The van der Waals surface area contributed by atoms with Crippen molar-refractivity contribution in [2.75, 3.05) is 16.4 Å². The third kappa shape index (κ3) is 19.8. The number of Topliss-reactive ketones (excluding diaryl/α,β-unsaturated/α-hetero) is 1. The van der Waals surface area contributed by atoms with Crippen LogP contribution in [0, 0.1) is 13.8 Å². The molecule has 9 rings (SSSR count). The Morgan fingerprint density at radius 3 is 1.45 bits per heavy atom. The molecule has 0 aliphatic rings. The first-order chi connectivity index (χ1) is 39.9. The van der Waals surface area contributed by atoms with Crippen LogP contribution >= 0.6 is 0 Å². The van der Waals surface area contributed by atoms with Crippen LogP contribution in [0.1, 0.15) is 43.7 Å². The molecule has 19 heteroatoms. The molecule has 9 aromatic rings. The molecular formula is C63H60N12O7. The molecule has 0 aliphatic heterocycles. The van der Waals surface area contributed by atoms with E-state index in [1.165, 1.54) is 12.2 Å². The van der Waals surface area contributed by atoms with E-state index < -0.39 is 0 Å². The molecule has 0 atom stereocenters. The maximum absolute atomic E-state index is 12.9. The normalized spacial score (nSPS) is 9.99. The van der Waals surface area contributed by atoms with E-state index in [1.807, 2.05) is 111 Å². The second kappa shape index (κ2) is 32.0. The number of amides is 2. The Kier molecular flexibility index (Phi) is 23.5. The summed E-state index contributed by atoms with van der Waals surface area (Å²) in [5, 5.41) is 11.8. The lowest BCUT2D eigenvalue weighted by molar-refractivity contribution is -0.121. The molecule has 0 saturated heterocycles. The van der Waals surface area contributed by atoms with Crippen LogP contribution in [-0.4, -0.2) is 60.4 Å². The maximum atomic E-state index is 12.9. The summed E-state index contributed by atoms with van der Waals surface area (Å²) in [6, 6.07) is 44.0. The highest BCUT2D eigenvalue weighted by atomic mass is 16.5. The van der Waals surface area contributed by atoms with Crippen molar-refractivity contribution in [2.45, 2.75) is 39.9 Å². The van der Waals surface area contributed by atoms with Crippen molar-refractivity contribution in [1.82, 2.24) is 40.5 Å². The molecule has 2 amide bonds. The molecule has 5 aromatic carbocycles. The van der Waals surface area contributed by atoms with Crippen molar-refractivity contribution in [3.63, 3.8) is 0 Å². The second-order valence-electron chi connectivity index (χ2n) is 17.5. The van der Waals surface area contributed by atoms with Crippen molar-refractivity contribution < 1.29 is 33.4 Å². The summed E-state index contributed by atoms with van der Waals surface area (Å²) in [6.45, 7) is 12.8. The highest BCUT2D eigenvalue weighted by Crippen LogP contribution is 2.25. The summed E-state index contributed by atoms with van der Waals surface area (Å²) < 4.78 is 9.21. The molecule has 0 radical (unpaired) electrons. The Morgan fingerprint density at radius 1 is 0.549 bits per heavy atom. The fourth-order valence-corrected chi connectivity index (χ4v) is 7.24. The number of nitrogens with two attached hydrogens (primary N) is 2. The molecule has 414 valence electrons. The van der Waals surface area contributed by atoms with Crippen LogP contribution < -0.4 is 42.2 Å². The van der Waals surface area contributed by atoms with Crippen molar-refractivity contribution in [1.29, 1.82) is 0 Å². The second-order valence-corrected chi connectivity index (χ2v) is 17.5. The summed E-state index contributed by atoms with van der Waals surface area (Å²) in [4.78, 5) is 80.9. The minimum absolute atomic E-state index is 0.0105. The largest absolute Gasteiger partial charge is 0.429 e. The lowest BCUT2D eigenvalue weighted by Crippen LogP contribution is -2.19. The lowest BCUT2D eigenvalue weighted by Gasteiger charge is -2.11. The number of carbonyl (C=O) groups excluding carboxylic acids is 5. The van der Waals surface area contributed by atoms with Gasteiger partial charge < -0.3 is 42.2 Å². The Balaban J connectivity index is 0.000000194. The van der Waals surface area contributed by atoms with Crippen LogP contribution in [0.2, 0.25) is 0 Å². The monoisotopic (exact) mass is 1100 g/mol. The summed E-state index contributed by atoms with van der Waals surface area (Å²) in [7, 11) is 0. The Morgan fingerprint density at radius 2 is 1.00 bits per heavy atom. The number of hydrogen-bond acceptors (Lipinski definition) is 17. The van der Waals surface area contributed by atoms with E-state index in [1.54, 1.807) is 85.7 Å². The van der Waals surface area contributed by atoms with Gasteiger partial charge in [0.2, 0.25) is 23.7 Å². The molecule has 4 heterocycles. The Hall–Kier alpha value is -11.1. The summed E-state index contributed by atoms with van der Waals surface area (Å²) in [5.41, 5.74) is 23.5. The third-order valence-corrected chi connectivity index (χ3v) is 11.7. The first-order valence-electron chi connectivity index (χ1n) is 25.3. The van der Waals surface area contributed by atoms with Gasteiger partial charge in [-0.3, -0.25) is 33.9 Å². The van der Waals surface area contributed by atoms with Crippen LogP contribution in [0.5, 0.6) is 11.5 Å². The van der Waals surface area contributed by atoms with Gasteiger partial charge in [-0.05, 0) is 138 Å². The Bertz CT molecular complexity index is 3550. The van der Waals surface area contributed by atoms with Crippen molar-refractivity contribution in [3.8, 4) is 34.0 Å². The predicted octanol–water partition coefficient (Wildman–Crippen LogP) is 9.70. The van der Waals surface area contributed by atoms with E-state index in [9.17, 15) is 24.0 Å². The zero-order chi connectivity index (χ0) is 58.5. The topological polar surface area (TPSA) is 281 Å². The smallest absolute Gasteiger partial charge is 0.298 e. The zero-order valence-corrected chi connectivity index (χ0v) is 45.1. The van der Waals surface area contributed by atoms with E-state index in [2.05, 4.69) is 73.8 Å². The van der Waals surface area contributed by atoms with Gasteiger partial charge in [0.1, 0.15) is 11.5 Å². The van der Waals surface area contributed by atoms with Crippen LogP contribution in [-0.2, 0) is 45.2 Å². The molecular weight excluding hydrogens is 1040 g/mol. The highest BCUT2D eigenvalue weighted by molar-refractivity contribution is 5.97. The number of rotatable bonds is 20. The maximum Gasteiger partial charge on any atom is 0.298 e. The summed E-state index contributed by atoms with van der Waals surface area (Å²) >= 11 is 0. The average molecular weight is 1100 g/mol. The number of ketones is 1. The Labute approximate surface area is 474 Å². The van der Waals surface area contributed by atoms with E-state index in [-0.39, 0.29) is 24.0 Å². The van der Waals surface area contributed by atoms with Gasteiger partial charge in [-0.25, -0.2) is 19.9 Å². The standard InChI is InChI=1S/C28H25N5O2.C16H15N5.C11H11NO3.C8H9NO2/c1-3-27(35)31-17-20-8-10-22(11-9-20)26(34)16-21-7-6-19(2)25(15-21)33-28-30-14-12-24(32-28)23-5-4-13-29-18-23;1-11-4-5-13(17)9-15(11)21-16-19-8-6-14(20-16)12-3-2-7-18-10-12;1-2-11(14)12-7-9-3-5-10(6-4-9)15-8-13;9-5-7-1-3-8(4-2-7)11-6-10/h3-15,18H,1,16-17H2,2H3,(H,31,35)(H,30,32,33);2-10H,17H2,1H3,(H,19,20,21);2-6,8H,1,7H2,(H,12,14);1-4,6H,5,9H2. The fourth-order valence-electron chi connectivity index (χ4n) is 7.24. The third-order valence-electron chi connectivity index (χ3n) is 11.7.